The van der Waals surface area contributed by atoms with Gasteiger partial charge in [0.15, 0.2) is 5.82 Å². The summed E-state index contributed by atoms with van der Waals surface area (Å²) in [6.07, 6.45) is 7.17. The molecule has 30 heavy (non-hydrogen) atoms. The third-order valence-corrected chi connectivity index (χ3v) is 6.93. The van der Waals surface area contributed by atoms with Gasteiger partial charge in [0.2, 0.25) is 0 Å². The van der Waals surface area contributed by atoms with E-state index in [1.54, 1.807) is 0 Å². The molecule has 3 aliphatic rings. The zero-order valence-electron chi connectivity index (χ0n) is 17.1. The van der Waals surface area contributed by atoms with Crippen LogP contribution in [0.25, 0.3) is 22.2 Å². The third-order valence-electron chi connectivity index (χ3n) is 6.93. The van der Waals surface area contributed by atoms with E-state index in [-0.39, 0.29) is 23.5 Å². The van der Waals surface area contributed by atoms with Crippen molar-refractivity contribution in [2.75, 3.05) is 23.7 Å². The Morgan fingerprint density at radius 2 is 1.97 bits per heavy atom. The van der Waals surface area contributed by atoms with Gasteiger partial charge >= 0.3 is 0 Å². The monoisotopic (exact) mass is 409 g/mol. The number of anilines is 2. The fraction of sp³-hybridized carbons (Fsp3) is 0.571. The number of fused-ring (bicyclic) bond motifs is 1. The first-order valence-electron chi connectivity index (χ1n) is 10.9. The van der Waals surface area contributed by atoms with Crippen LogP contribution in [0.1, 0.15) is 38.1 Å². The third kappa shape index (κ3) is 2.75. The zero-order chi connectivity index (χ0) is 20.6. The number of H-pyrrole nitrogens is 1. The number of nitrogens with zero attached hydrogens (tertiary/aromatic N) is 5. The largest absolute Gasteiger partial charge is 0.391 e. The molecule has 158 valence electrons. The molecule has 1 saturated heterocycles. The summed E-state index contributed by atoms with van der Waals surface area (Å²) < 4.78 is 3.76. The molecule has 0 aromatic carbocycles. The highest BCUT2D eigenvalue weighted by molar-refractivity contribution is 5.97. The Morgan fingerprint density at radius 1 is 1.23 bits per heavy atom. The highest BCUT2D eigenvalue weighted by Gasteiger charge is 2.43. The maximum absolute atomic E-state index is 13.4. The van der Waals surface area contributed by atoms with Crippen molar-refractivity contribution in [1.82, 2.24) is 24.5 Å². The van der Waals surface area contributed by atoms with Crippen LogP contribution < -0.4 is 16.2 Å². The molecular weight excluding hydrogens is 382 g/mol. The highest BCUT2D eigenvalue weighted by atomic mass is 16.3. The van der Waals surface area contributed by atoms with Gasteiger partial charge in [-0.15, -0.1) is 0 Å². The Kier molecular flexibility index (Phi) is 3.80. The van der Waals surface area contributed by atoms with E-state index in [9.17, 15) is 9.90 Å². The Morgan fingerprint density at radius 3 is 2.60 bits per heavy atom. The maximum Gasteiger partial charge on any atom is 0.264 e. The number of aromatic nitrogens is 5. The van der Waals surface area contributed by atoms with Gasteiger partial charge in [-0.1, -0.05) is 0 Å². The molecule has 1 atom stereocenters. The van der Waals surface area contributed by atoms with Crippen molar-refractivity contribution < 1.29 is 5.11 Å². The topological polar surface area (TPSA) is 118 Å². The number of aliphatic hydroxyl groups excluding tert-OH is 1. The number of nitrogen functional groups attached to an aromatic ring is 1. The maximum atomic E-state index is 13.4. The zero-order valence-corrected chi connectivity index (χ0v) is 17.1. The normalized spacial score (nSPS) is 22.0. The van der Waals surface area contributed by atoms with E-state index in [4.69, 9.17) is 10.8 Å². The molecular formula is C21H27N7O2. The number of aryl methyl sites for hydroxylation is 1. The first-order valence-corrected chi connectivity index (χ1v) is 10.9. The smallest absolute Gasteiger partial charge is 0.264 e. The fourth-order valence-electron chi connectivity index (χ4n) is 5.12. The van der Waals surface area contributed by atoms with Crippen LogP contribution >= 0.6 is 0 Å². The Bertz CT molecular complexity index is 1170. The molecule has 0 bridgehead atoms. The fourth-order valence-corrected chi connectivity index (χ4v) is 5.12. The number of hydrogen-bond donors (Lipinski definition) is 3. The van der Waals surface area contributed by atoms with Crippen molar-refractivity contribution in [3.05, 3.63) is 22.6 Å². The molecule has 0 radical (unpaired) electrons. The van der Waals surface area contributed by atoms with Gasteiger partial charge in [0.25, 0.3) is 5.56 Å². The second kappa shape index (κ2) is 6.34. The lowest BCUT2D eigenvalue weighted by Crippen LogP contribution is -2.27. The molecule has 9 nitrogen and oxygen atoms in total. The van der Waals surface area contributed by atoms with Gasteiger partial charge in [-0.05, 0) is 43.9 Å². The Labute approximate surface area is 173 Å². The standard InChI is InChI=1S/C21H27N7O2/c1-26-16(27-7-6-13(29)9-27)8-15(25-26)14-10-28(19(11-2-3-11)12-4-5-12)21(30)17-18(14)23-24-20(17)22/h8,10-13,19,29H,2-7,9H2,1H3,(H3,22,23,24)/t13-/m1/s1. The first kappa shape index (κ1) is 18.0. The molecule has 3 aromatic rings. The van der Waals surface area contributed by atoms with E-state index in [0.717, 1.165) is 30.0 Å². The molecule has 2 saturated carbocycles. The van der Waals surface area contributed by atoms with Gasteiger partial charge in [0.05, 0.1) is 17.3 Å². The molecule has 4 heterocycles. The van der Waals surface area contributed by atoms with Gasteiger partial charge < -0.3 is 20.3 Å². The predicted molar refractivity (Wildman–Crippen MR) is 114 cm³/mol. The number of rotatable bonds is 5. The molecule has 3 fully saturated rings. The van der Waals surface area contributed by atoms with Crippen LogP contribution in [0.4, 0.5) is 11.6 Å². The van der Waals surface area contributed by atoms with Gasteiger partial charge in [-0.25, -0.2) is 0 Å². The molecule has 9 heteroatoms. The summed E-state index contributed by atoms with van der Waals surface area (Å²) in [7, 11) is 1.91. The number of aliphatic hydroxyl groups is 1. The van der Waals surface area contributed by atoms with Crippen LogP contribution in [-0.2, 0) is 7.05 Å². The number of hydrogen-bond acceptors (Lipinski definition) is 6. The van der Waals surface area contributed by atoms with E-state index < -0.39 is 0 Å². The number of nitrogens with one attached hydrogen (secondary N) is 1. The van der Waals surface area contributed by atoms with E-state index in [2.05, 4.69) is 15.1 Å². The van der Waals surface area contributed by atoms with E-state index in [1.165, 1.54) is 25.7 Å². The molecule has 0 spiro atoms. The van der Waals surface area contributed by atoms with E-state index in [1.807, 2.05) is 28.6 Å². The van der Waals surface area contributed by atoms with Gasteiger partial charge in [-0.3, -0.25) is 14.6 Å². The van der Waals surface area contributed by atoms with Gasteiger partial charge in [-0.2, -0.15) is 10.2 Å². The summed E-state index contributed by atoms with van der Waals surface area (Å²) in [5.74, 6) is 2.37. The summed E-state index contributed by atoms with van der Waals surface area (Å²) >= 11 is 0. The summed E-state index contributed by atoms with van der Waals surface area (Å²) in [6, 6.07) is 2.27. The van der Waals surface area contributed by atoms with E-state index >= 15 is 0 Å². The molecule has 3 aromatic heterocycles. The van der Waals surface area contributed by atoms with Crippen LogP contribution in [-0.4, -0.2) is 48.8 Å². The van der Waals surface area contributed by atoms with Crippen LogP contribution in [0.3, 0.4) is 0 Å². The minimum absolute atomic E-state index is 0.0531. The summed E-state index contributed by atoms with van der Waals surface area (Å²) in [5, 5.41) is 22.2. The Balaban J connectivity index is 1.51. The summed E-state index contributed by atoms with van der Waals surface area (Å²) in [5.41, 5.74) is 8.33. The van der Waals surface area contributed by atoms with E-state index in [0.29, 0.717) is 29.3 Å². The molecule has 6 rings (SSSR count). The second-order valence-corrected chi connectivity index (χ2v) is 9.18. The van der Waals surface area contributed by atoms with Crippen molar-refractivity contribution in [3.63, 3.8) is 0 Å². The number of β-amino-alcohol motifs (C(OH)–C–C–N with tert-alkyl or cyclic N) is 1. The summed E-state index contributed by atoms with van der Waals surface area (Å²) in [4.78, 5) is 15.5. The average Bonchev–Trinajstić information content (AvgIpc) is 3.62. The molecule has 0 unspecified atom stereocenters. The highest BCUT2D eigenvalue weighted by Crippen LogP contribution is 2.52. The van der Waals surface area contributed by atoms with Crippen molar-refractivity contribution in [2.45, 2.75) is 44.2 Å². The minimum atomic E-state index is -0.304. The second-order valence-electron chi connectivity index (χ2n) is 9.18. The van der Waals surface area contributed by atoms with Crippen molar-refractivity contribution in [1.29, 1.82) is 0 Å². The van der Waals surface area contributed by atoms with Crippen LogP contribution in [0, 0.1) is 11.8 Å². The quantitative estimate of drug-likeness (QED) is 0.590. The van der Waals surface area contributed by atoms with Crippen molar-refractivity contribution in [2.24, 2.45) is 18.9 Å². The number of pyridine rings is 1. The van der Waals surface area contributed by atoms with Crippen LogP contribution in [0.2, 0.25) is 0 Å². The van der Waals surface area contributed by atoms with Gasteiger partial charge in [0.1, 0.15) is 11.2 Å². The average molecular weight is 409 g/mol. The van der Waals surface area contributed by atoms with Crippen LogP contribution in [0.5, 0.6) is 0 Å². The SMILES string of the molecule is Cn1nc(-c2cn(C(C3CC3)C3CC3)c(=O)c3c(N)n[nH]c23)cc1N1CC[C@@H](O)C1. The molecule has 1 aliphatic heterocycles. The molecule has 0 amide bonds. The molecule has 4 N–H and O–H groups in total. The number of aromatic amines is 1. The van der Waals surface area contributed by atoms with Crippen molar-refractivity contribution >= 4 is 22.5 Å². The lowest BCUT2D eigenvalue weighted by Gasteiger charge is -2.20. The van der Waals surface area contributed by atoms with Gasteiger partial charge in [0, 0.05) is 44.0 Å². The molecule has 2 aliphatic carbocycles. The summed E-state index contributed by atoms with van der Waals surface area (Å²) in [6.45, 7) is 1.41. The predicted octanol–water partition coefficient (Wildman–Crippen LogP) is 1.64. The number of nitrogens with two attached hydrogens (primary N) is 1. The first-order chi connectivity index (χ1) is 14.5. The minimum Gasteiger partial charge on any atom is -0.391 e. The lowest BCUT2D eigenvalue weighted by atomic mass is 10.0. The van der Waals surface area contributed by atoms with Crippen molar-refractivity contribution in [3.8, 4) is 11.3 Å². The Hall–Kier alpha value is -2.81. The van der Waals surface area contributed by atoms with Crippen LogP contribution in [0.15, 0.2) is 17.1 Å². The lowest BCUT2D eigenvalue weighted by molar-refractivity contribution is 0.198.